The number of hydrogen-bond acceptors (Lipinski definition) is 4. The Morgan fingerprint density at radius 3 is 2.48 bits per heavy atom. The van der Waals surface area contributed by atoms with Gasteiger partial charge in [0.05, 0.1) is 10.6 Å². The van der Waals surface area contributed by atoms with Crippen molar-refractivity contribution in [3.63, 3.8) is 0 Å². The van der Waals surface area contributed by atoms with Crippen molar-refractivity contribution in [2.24, 2.45) is 16.3 Å². The Kier molecular flexibility index (Phi) is 6.22. The van der Waals surface area contributed by atoms with Crippen LogP contribution < -0.4 is 5.73 Å². The minimum Gasteiger partial charge on any atom is -0.443 e. The molecule has 1 aliphatic heterocycles. The van der Waals surface area contributed by atoms with E-state index in [-0.39, 0.29) is 11.8 Å². The predicted molar refractivity (Wildman–Crippen MR) is 117 cm³/mol. The molecule has 0 saturated carbocycles. The molecule has 1 heterocycles. The fraction of sp³-hybridized carbons (Fsp3) is 0.364. The molecule has 2 aromatic rings. The van der Waals surface area contributed by atoms with E-state index in [4.69, 9.17) is 33.7 Å². The third kappa shape index (κ3) is 4.27. The Morgan fingerprint density at radius 2 is 1.86 bits per heavy atom. The Morgan fingerprint density at radius 1 is 1.17 bits per heavy atom. The van der Waals surface area contributed by atoms with Gasteiger partial charge < -0.3 is 10.5 Å². The van der Waals surface area contributed by atoms with Crippen LogP contribution in [0.1, 0.15) is 44.7 Å². The smallest absolute Gasteiger partial charge is 0.251 e. The zero-order valence-corrected chi connectivity index (χ0v) is 18.3. The first-order valence-corrected chi connectivity index (χ1v) is 10.3. The van der Waals surface area contributed by atoms with Gasteiger partial charge in [-0.3, -0.25) is 4.79 Å². The number of ether oxygens (including phenoxy) is 1. The minimum atomic E-state index is -1.11. The van der Waals surface area contributed by atoms with E-state index in [0.717, 1.165) is 5.56 Å². The number of halogens is 2. The third-order valence-corrected chi connectivity index (χ3v) is 5.30. The van der Waals surface area contributed by atoms with E-state index in [9.17, 15) is 4.79 Å². The van der Waals surface area contributed by atoms with E-state index >= 15 is 0 Å². The molecule has 1 amide bonds. The van der Waals surface area contributed by atoms with Gasteiger partial charge in [-0.2, -0.15) is 5.01 Å². The van der Waals surface area contributed by atoms with Gasteiger partial charge in [-0.25, -0.2) is 0 Å². The molecule has 0 bridgehead atoms. The SMILES string of the molecule is CC(C)(C)C(=O)N1N=C(c2cc(Cl)ccc2Cl)OC1(CCCN)c1ccccc1. The first kappa shape index (κ1) is 21.6. The van der Waals surface area contributed by atoms with Crippen LogP contribution in [0.25, 0.3) is 0 Å². The fourth-order valence-electron chi connectivity index (χ4n) is 3.22. The van der Waals surface area contributed by atoms with E-state index in [1.165, 1.54) is 5.01 Å². The molecular weight excluding hydrogens is 409 g/mol. The summed E-state index contributed by atoms with van der Waals surface area (Å²) in [7, 11) is 0. The van der Waals surface area contributed by atoms with E-state index in [2.05, 4.69) is 5.10 Å². The van der Waals surface area contributed by atoms with E-state index < -0.39 is 11.1 Å². The molecular formula is C22H25Cl2N3O2. The number of carbonyl (C=O) groups is 1. The topological polar surface area (TPSA) is 67.9 Å². The lowest BCUT2D eigenvalue weighted by Crippen LogP contribution is -2.49. The molecule has 2 aromatic carbocycles. The second-order valence-corrected chi connectivity index (χ2v) is 8.88. The highest BCUT2D eigenvalue weighted by molar-refractivity contribution is 6.35. The van der Waals surface area contributed by atoms with Crippen molar-refractivity contribution in [2.75, 3.05) is 6.54 Å². The molecule has 5 nitrogen and oxygen atoms in total. The first-order chi connectivity index (χ1) is 13.7. The Bertz CT molecular complexity index is 925. The monoisotopic (exact) mass is 433 g/mol. The van der Waals surface area contributed by atoms with Crippen LogP contribution in [0.4, 0.5) is 0 Å². The summed E-state index contributed by atoms with van der Waals surface area (Å²) in [5.74, 6) is 0.0995. The lowest BCUT2D eigenvalue weighted by Gasteiger charge is -2.38. The highest BCUT2D eigenvalue weighted by Crippen LogP contribution is 2.43. The summed E-state index contributed by atoms with van der Waals surface area (Å²) >= 11 is 12.6. The predicted octanol–water partition coefficient (Wildman–Crippen LogP) is 5.15. The largest absolute Gasteiger partial charge is 0.443 e. The van der Waals surface area contributed by atoms with Crippen molar-refractivity contribution in [3.8, 4) is 0 Å². The molecule has 0 saturated heterocycles. The standard InChI is InChI=1S/C22H25Cl2N3O2/c1-21(2,3)20(28)27-22(12-7-13-25,15-8-5-4-6-9-15)29-19(26-27)17-14-16(23)10-11-18(17)24/h4-6,8-11,14H,7,12-13,25H2,1-3H3. The Hall–Kier alpha value is -2.08. The molecule has 0 spiro atoms. The van der Waals surface area contributed by atoms with Crippen LogP contribution in [0, 0.1) is 5.41 Å². The molecule has 3 rings (SSSR count). The van der Waals surface area contributed by atoms with Gasteiger partial charge in [0.25, 0.3) is 5.91 Å². The van der Waals surface area contributed by atoms with Gasteiger partial charge in [-0.1, -0.05) is 74.3 Å². The van der Waals surface area contributed by atoms with Gasteiger partial charge in [-0.05, 0) is 31.2 Å². The number of nitrogens with zero attached hydrogens (tertiary/aromatic N) is 2. The Balaban J connectivity index is 2.18. The quantitative estimate of drug-likeness (QED) is 0.708. The molecule has 1 atom stereocenters. The van der Waals surface area contributed by atoms with Crippen molar-refractivity contribution in [3.05, 3.63) is 69.7 Å². The number of hydrazone groups is 1. The zero-order valence-electron chi connectivity index (χ0n) is 16.8. The summed E-state index contributed by atoms with van der Waals surface area (Å²) in [4.78, 5) is 13.4. The van der Waals surface area contributed by atoms with Gasteiger partial charge in [0.2, 0.25) is 11.6 Å². The van der Waals surface area contributed by atoms with E-state index in [1.54, 1.807) is 18.2 Å². The van der Waals surface area contributed by atoms with Crippen molar-refractivity contribution < 1.29 is 9.53 Å². The van der Waals surface area contributed by atoms with Crippen molar-refractivity contribution in [1.29, 1.82) is 0 Å². The Labute approximate surface area is 181 Å². The van der Waals surface area contributed by atoms with Crippen LogP contribution in [0.5, 0.6) is 0 Å². The lowest BCUT2D eigenvalue weighted by molar-refractivity contribution is -0.161. The maximum atomic E-state index is 13.4. The molecule has 1 unspecified atom stereocenters. The van der Waals surface area contributed by atoms with E-state index in [0.29, 0.717) is 35.0 Å². The molecule has 0 aromatic heterocycles. The third-order valence-electron chi connectivity index (χ3n) is 4.74. The second-order valence-electron chi connectivity index (χ2n) is 8.04. The number of nitrogens with two attached hydrogens (primary N) is 1. The normalized spacial score (nSPS) is 19.1. The van der Waals surface area contributed by atoms with Crippen molar-refractivity contribution in [1.82, 2.24) is 5.01 Å². The summed E-state index contributed by atoms with van der Waals surface area (Å²) in [6.45, 7) is 6.03. The molecule has 1 aliphatic rings. The number of hydrogen-bond donors (Lipinski definition) is 1. The van der Waals surface area contributed by atoms with Gasteiger partial charge in [0, 0.05) is 22.4 Å². The van der Waals surface area contributed by atoms with Gasteiger partial charge >= 0.3 is 0 Å². The maximum Gasteiger partial charge on any atom is 0.251 e. The number of amides is 1. The first-order valence-electron chi connectivity index (χ1n) is 9.52. The zero-order chi connectivity index (χ0) is 21.2. The minimum absolute atomic E-state index is 0.161. The van der Waals surface area contributed by atoms with Crippen LogP contribution in [0.3, 0.4) is 0 Å². The van der Waals surface area contributed by atoms with Crippen LogP contribution in [0.15, 0.2) is 53.6 Å². The molecule has 0 aliphatic carbocycles. The lowest BCUT2D eigenvalue weighted by atomic mass is 9.91. The second kappa shape index (κ2) is 8.34. The van der Waals surface area contributed by atoms with Gasteiger partial charge in [0.15, 0.2) is 0 Å². The summed E-state index contributed by atoms with van der Waals surface area (Å²) in [5, 5.41) is 7.00. The fourth-order valence-corrected chi connectivity index (χ4v) is 3.59. The molecule has 0 fully saturated rings. The average Bonchev–Trinajstić information content (AvgIpc) is 3.08. The maximum absolute atomic E-state index is 13.4. The number of benzene rings is 2. The number of rotatable bonds is 5. The summed E-state index contributed by atoms with van der Waals surface area (Å²) < 4.78 is 6.44. The molecule has 29 heavy (non-hydrogen) atoms. The molecule has 0 radical (unpaired) electrons. The van der Waals surface area contributed by atoms with Crippen molar-refractivity contribution in [2.45, 2.75) is 39.3 Å². The van der Waals surface area contributed by atoms with Crippen molar-refractivity contribution >= 4 is 35.0 Å². The van der Waals surface area contributed by atoms with E-state index in [1.807, 2.05) is 51.1 Å². The van der Waals surface area contributed by atoms with Crippen LogP contribution in [0.2, 0.25) is 10.0 Å². The van der Waals surface area contributed by atoms with Crippen LogP contribution >= 0.6 is 23.2 Å². The average molecular weight is 434 g/mol. The van der Waals surface area contributed by atoms with Crippen LogP contribution in [-0.2, 0) is 15.3 Å². The molecule has 7 heteroatoms. The summed E-state index contributed by atoms with van der Waals surface area (Å²) in [5.41, 5.74) is 5.40. The highest BCUT2D eigenvalue weighted by atomic mass is 35.5. The summed E-state index contributed by atoms with van der Waals surface area (Å²) in [6.07, 6.45) is 1.13. The molecule has 154 valence electrons. The highest BCUT2D eigenvalue weighted by Gasteiger charge is 2.51. The summed E-state index contributed by atoms with van der Waals surface area (Å²) in [6, 6.07) is 14.7. The van der Waals surface area contributed by atoms with Crippen LogP contribution in [-0.4, -0.2) is 23.4 Å². The van der Waals surface area contributed by atoms with Gasteiger partial charge in [-0.15, -0.1) is 5.10 Å². The molecule has 2 N–H and O–H groups in total. The number of carbonyl (C=O) groups excluding carboxylic acids is 1. The van der Waals surface area contributed by atoms with Gasteiger partial charge in [0.1, 0.15) is 0 Å².